The third kappa shape index (κ3) is 3.16. The summed E-state index contributed by atoms with van der Waals surface area (Å²) in [6.07, 6.45) is 1.87. The number of aryl methyl sites for hydroxylation is 1. The van der Waals surface area contributed by atoms with Gasteiger partial charge < -0.3 is 5.11 Å². The summed E-state index contributed by atoms with van der Waals surface area (Å²) in [6, 6.07) is 0. The first-order valence-corrected chi connectivity index (χ1v) is 5.85. The second-order valence-electron chi connectivity index (χ2n) is 2.66. The first-order chi connectivity index (χ1) is 6.63. The number of carboxylic acids is 1. The molecule has 0 atom stereocenters. The fraction of sp³-hybridized carbons (Fsp3) is 0.333. The first kappa shape index (κ1) is 11.3. The van der Waals surface area contributed by atoms with Gasteiger partial charge in [0.15, 0.2) is 4.34 Å². The average molecular weight is 229 g/mol. The Balaban J connectivity index is 2.71. The number of aromatic nitrogens is 1. The number of nitrogens with zero attached hydrogens (tertiary/aromatic N) is 1. The standard InChI is InChI=1S/C9H11NO2S2/c1-3-4-13-9-10-6(2)7(14-9)5-8(11)12/h3H,1,4-5H2,2H3,(H,11,12). The first-order valence-electron chi connectivity index (χ1n) is 4.05. The molecule has 14 heavy (non-hydrogen) atoms. The molecule has 1 N–H and O–H groups in total. The predicted octanol–water partition coefficient (Wildman–Crippen LogP) is 2.36. The summed E-state index contributed by atoms with van der Waals surface area (Å²) >= 11 is 3.03. The van der Waals surface area contributed by atoms with Crippen LogP contribution in [0.4, 0.5) is 0 Å². The molecule has 5 heteroatoms. The van der Waals surface area contributed by atoms with Crippen LogP contribution in [0, 0.1) is 6.92 Å². The van der Waals surface area contributed by atoms with Gasteiger partial charge in [-0.1, -0.05) is 17.8 Å². The molecule has 3 nitrogen and oxygen atoms in total. The Bertz CT molecular complexity index is 347. The Hall–Kier alpha value is -0.810. The molecule has 0 aromatic carbocycles. The molecule has 0 saturated carbocycles. The Labute approximate surface area is 90.9 Å². The van der Waals surface area contributed by atoms with Gasteiger partial charge in [-0.05, 0) is 6.92 Å². The second kappa shape index (κ2) is 5.17. The molecule has 1 aromatic rings. The van der Waals surface area contributed by atoms with Gasteiger partial charge in [-0.15, -0.1) is 17.9 Å². The maximum absolute atomic E-state index is 10.5. The van der Waals surface area contributed by atoms with Gasteiger partial charge in [-0.25, -0.2) is 4.98 Å². The predicted molar refractivity (Wildman–Crippen MR) is 59.1 cm³/mol. The maximum atomic E-state index is 10.5. The zero-order chi connectivity index (χ0) is 10.6. The minimum absolute atomic E-state index is 0.0676. The van der Waals surface area contributed by atoms with Gasteiger partial charge >= 0.3 is 5.97 Å². The van der Waals surface area contributed by atoms with E-state index >= 15 is 0 Å². The molecule has 0 radical (unpaired) electrons. The third-order valence-electron chi connectivity index (χ3n) is 1.51. The summed E-state index contributed by atoms with van der Waals surface area (Å²) < 4.78 is 0.915. The van der Waals surface area contributed by atoms with Crippen molar-refractivity contribution in [3.05, 3.63) is 23.2 Å². The van der Waals surface area contributed by atoms with Gasteiger partial charge in [-0.2, -0.15) is 0 Å². The molecule has 0 aliphatic rings. The molecule has 0 bridgehead atoms. The molecule has 0 aliphatic carbocycles. The van der Waals surface area contributed by atoms with Gasteiger partial charge in [0.2, 0.25) is 0 Å². The van der Waals surface area contributed by atoms with Crippen molar-refractivity contribution in [3.8, 4) is 0 Å². The lowest BCUT2D eigenvalue weighted by Gasteiger charge is -1.89. The lowest BCUT2D eigenvalue weighted by atomic mass is 10.3. The summed E-state index contributed by atoms with van der Waals surface area (Å²) in [4.78, 5) is 15.6. The van der Waals surface area contributed by atoms with Crippen molar-refractivity contribution in [3.63, 3.8) is 0 Å². The Morgan fingerprint density at radius 2 is 2.50 bits per heavy atom. The molecule has 0 spiro atoms. The summed E-state index contributed by atoms with van der Waals surface area (Å²) in [5.74, 6) is -0.00329. The highest BCUT2D eigenvalue weighted by Crippen LogP contribution is 2.27. The van der Waals surface area contributed by atoms with Crippen molar-refractivity contribution in [2.45, 2.75) is 17.7 Å². The van der Waals surface area contributed by atoms with Crippen LogP contribution in [-0.2, 0) is 11.2 Å². The van der Waals surface area contributed by atoms with Crippen molar-refractivity contribution >= 4 is 29.1 Å². The molecule has 76 valence electrons. The third-order valence-corrected chi connectivity index (χ3v) is 3.81. The van der Waals surface area contributed by atoms with Crippen LogP contribution in [0.5, 0.6) is 0 Å². The summed E-state index contributed by atoms with van der Waals surface area (Å²) in [6.45, 7) is 5.46. The smallest absolute Gasteiger partial charge is 0.308 e. The Morgan fingerprint density at radius 1 is 1.79 bits per heavy atom. The van der Waals surface area contributed by atoms with E-state index in [2.05, 4.69) is 11.6 Å². The Kier molecular flexibility index (Phi) is 4.16. The van der Waals surface area contributed by atoms with E-state index in [-0.39, 0.29) is 6.42 Å². The highest BCUT2D eigenvalue weighted by Gasteiger charge is 2.10. The topological polar surface area (TPSA) is 50.2 Å². The van der Waals surface area contributed by atoms with Gasteiger partial charge in [0, 0.05) is 10.6 Å². The van der Waals surface area contributed by atoms with E-state index in [0.29, 0.717) is 0 Å². The lowest BCUT2D eigenvalue weighted by molar-refractivity contribution is -0.136. The SMILES string of the molecule is C=CCSc1nc(C)c(CC(=O)O)s1. The van der Waals surface area contributed by atoms with E-state index in [0.717, 1.165) is 20.7 Å². The molecule has 1 heterocycles. The number of rotatable bonds is 5. The van der Waals surface area contributed by atoms with Crippen molar-refractivity contribution in [1.82, 2.24) is 4.98 Å². The lowest BCUT2D eigenvalue weighted by Crippen LogP contribution is -1.99. The fourth-order valence-corrected chi connectivity index (χ4v) is 2.88. The van der Waals surface area contributed by atoms with Crippen LogP contribution in [0.25, 0.3) is 0 Å². The molecular formula is C9H11NO2S2. The molecule has 1 aromatic heterocycles. The normalized spacial score (nSPS) is 10.1. The summed E-state index contributed by atoms with van der Waals surface area (Å²) in [7, 11) is 0. The van der Waals surface area contributed by atoms with Gasteiger partial charge in [0.05, 0.1) is 12.1 Å². The van der Waals surface area contributed by atoms with Crippen molar-refractivity contribution in [2.75, 3.05) is 5.75 Å². The van der Waals surface area contributed by atoms with E-state index < -0.39 is 5.97 Å². The number of hydrogen-bond donors (Lipinski definition) is 1. The van der Waals surface area contributed by atoms with Crippen molar-refractivity contribution in [2.24, 2.45) is 0 Å². The van der Waals surface area contributed by atoms with Gasteiger partial charge in [0.25, 0.3) is 0 Å². The maximum Gasteiger partial charge on any atom is 0.308 e. The van der Waals surface area contributed by atoms with Crippen LogP contribution in [-0.4, -0.2) is 21.8 Å². The summed E-state index contributed by atoms with van der Waals surface area (Å²) in [5.41, 5.74) is 0.823. The zero-order valence-electron chi connectivity index (χ0n) is 7.82. The molecule has 0 amide bonds. The summed E-state index contributed by atoms with van der Waals surface area (Å²) in [5, 5.41) is 8.63. The molecule has 0 fully saturated rings. The number of carbonyl (C=O) groups is 1. The van der Waals surface area contributed by atoms with Crippen LogP contribution >= 0.6 is 23.1 Å². The van der Waals surface area contributed by atoms with Crippen LogP contribution in [0.3, 0.4) is 0 Å². The van der Waals surface area contributed by atoms with Crippen LogP contribution in [0.1, 0.15) is 10.6 Å². The van der Waals surface area contributed by atoms with E-state index in [9.17, 15) is 4.79 Å². The van der Waals surface area contributed by atoms with E-state index in [1.807, 2.05) is 6.92 Å². The molecule has 0 saturated heterocycles. The minimum atomic E-state index is -0.808. The van der Waals surface area contributed by atoms with E-state index in [1.54, 1.807) is 17.8 Å². The largest absolute Gasteiger partial charge is 0.481 e. The number of aliphatic carboxylic acids is 1. The van der Waals surface area contributed by atoms with Gasteiger partial charge in [-0.3, -0.25) is 4.79 Å². The quantitative estimate of drug-likeness (QED) is 0.622. The molecule has 0 aliphatic heterocycles. The number of hydrogen-bond acceptors (Lipinski definition) is 4. The van der Waals surface area contributed by atoms with Gasteiger partial charge in [0.1, 0.15) is 0 Å². The minimum Gasteiger partial charge on any atom is -0.481 e. The second-order valence-corrected chi connectivity index (χ2v) is 5.01. The van der Waals surface area contributed by atoms with Crippen LogP contribution in [0.2, 0.25) is 0 Å². The zero-order valence-corrected chi connectivity index (χ0v) is 9.45. The van der Waals surface area contributed by atoms with Crippen molar-refractivity contribution < 1.29 is 9.90 Å². The molecule has 0 unspecified atom stereocenters. The van der Waals surface area contributed by atoms with Crippen molar-refractivity contribution in [1.29, 1.82) is 0 Å². The number of carboxylic acid groups (broad SMARTS) is 1. The highest BCUT2D eigenvalue weighted by atomic mass is 32.2. The average Bonchev–Trinajstić information content (AvgIpc) is 2.43. The van der Waals surface area contributed by atoms with Crippen LogP contribution < -0.4 is 0 Å². The number of thioether (sulfide) groups is 1. The Morgan fingerprint density at radius 3 is 3.07 bits per heavy atom. The van der Waals surface area contributed by atoms with E-state index in [1.165, 1.54) is 11.3 Å². The van der Waals surface area contributed by atoms with Crippen LogP contribution in [0.15, 0.2) is 17.0 Å². The monoisotopic (exact) mass is 229 g/mol. The molecule has 1 rings (SSSR count). The molecular weight excluding hydrogens is 218 g/mol. The van der Waals surface area contributed by atoms with E-state index in [4.69, 9.17) is 5.11 Å². The highest BCUT2D eigenvalue weighted by molar-refractivity contribution is 8.01. The number of thiazole rings is 1. The fourth-order valence-electron chi connectivity index (χ4n) is 0.895.